The Morgan fingerprint density at radius 1 is 1.17 bits per heavy atom. The van der Waals surface area contributed by atoms with Gasteiger partial charge in [0.05, 0.1) is 12.1 Å². The number of ether oxygens (including phenoxy) is 2. The van der Waals surface area contributed by atoms with Crippen LogP contribution in [0.2, 0.25) is 0 Å². The minimum absolute atomic E-state index is 0.0413. The van der Waals surface area contributed by atoms with Crippen LogP contribution in [0, 0.1) is 11.8 Å². The maximum atomic E-state index is 12.9. The third-order valence-corrected chi connectivity index (χ3v) is 4.60. The average molecular weight is 324 g/mol. The Hall–Kier alpha value is -1.40. The smallest absolute Gasteiger partial charge is 0.322 e. The number of ketones is 1. The van der Waals surface area contributed by atoms with Gasteiger partial charge in [0.2, 0.25) is 0 Å². The van der Waals surface area contributed by atoms with E-state index in [1.165, 1.54) is 0 Å². The molecule has 0 radical (unpaired) electrons. The number of fused-ring (bicyclic) bond motifs is 1. The van der Waals surface area contributed by atoms with Gasteiger partial charge in [0, 0.05) is 33.3 Å². The van der Waals surface area contributed by atoms with Crippen molar-refractivity contribution in [2.75, 3.05) is 34.1 Å². The molecule has 6 heteroatoms. The van der Waals surface area contributed by atoms with Crippen LogP contribution in [0.4, 0.5) is 4.79 Å². The van der Waals surface area contributed by atoms with Crippen LogP contribution >= 0.6 is 0 Å². The number of hydrogen-bond donors (Lipinski definition) is 0. The number of allylic oxidation sites excluding steroid dienone is 1. The van der Waals surface area contributed by atoms with Gasteiger partial charge in [-0.3, -0.25) is 9.69 Å². The van der Waals surface area contributed by atoms with Crippen molar-refractivity contribution in [2.24, 2.45) is 11.8 Å². The molecule has 0 aromatic carbocycles. The number of urea groups is 1. The van der Waals surface area contributed by atoms with Crippen molar-refractivity contribution in [3.63, 3.8) is 0 Å². The van der Waals surface area contributed by atoms with E-state index in [1.807, 2.05) is 11.8 Å². The SMILES string of the molecule is COCCC1=CC(=O)C(C)C2C1N(CC(C)C)C(=O)N2COC. The molecule has 0 saturated carbocycles. The van der Waals surface area contributed by atoms with Gasteiger partial charge in [-0.15, -0.1) is 0 Å². The quantitative estimate of drug-likeness (QED) is 0.718. The van der Waals surface area contributed by atoms with E-state index in [2.05, 4.69) is 13.8 Å². The number of carbonyl (C=O) groups is 2. The first-order chi connectivity index (χ1) is 10.9. The van der Waals surface area contributed by atoms with Crippen LogP contribution in [0.25, 0.3) is 0 Å². The summed E-state index contributed by atoms with van der Waals surface area (Å²) in [5.41, 5.74) is 0.993. The Morgan fingerprint density at radius 3 is 2.43 bits per heavy atom. The molecule has 0 aromatic rings. The Morgan fingerprint density at radius 2 is 1.87 bits per heavy atom. The minimum atomic E-state index is -0.220. The van der Waals surface area contributed by atoms with E-state index in [4.69, 9.17) is 9.47 Å². The van der Waals surface area contributed by atoms with Crippen LogP contribution in [-0.2, 0) is 14.3 Å². The molecule has 23 heavy (non-hydrogen) atoms. The van der Waals surface area contributed by atoms with Crippen molar-refractivity contribution < 1.29 is 19.1 Å². The van der Waals surface area contributed by atoms with Crippen molar-refractivity contribution in [3.8, 4) is 0 Å². The number of rotatable bonds is 7. The summed E-state index contributed by atoms with van der Waals surface area (Å²) < 4.78 is 10.4. The maximum absolute atomic E-state index is 12.9. The molecule has 0 spiro atoms. The third kappa shape index (κ3) is 3.43. The molecule has 2 rings (SSSR count). The number of carbonyl (C=O) groups excluding carboxylic acids is 2. The summed E-state index contributed by atoms with van der Waals surface area (Å²) in [6, 6.07) is -0.270. The second-order valence-corrected chi connectivity index (χ2v) is 6.80. The summed E-state index contributed by atoms with van der Waals surface area (Å²) >= 11 is 0. The van der Waals surface area contributed by atoms with Crippen molar-refractivity contribution in [2.45, 2.75) is 39.3 Å². The summed E-state index contributed by atoms with van der Waals surface area (Å²) in [6.45, 7) is 7.52. The van der Waals surface area contributed by atoms with Gasteiger partial charge in [-0.05, 0) is 24.0 Å². The molecule has 1 aliphatic carbocycles. The highest BCUT2D eigenvalue weighted by molar-refractivity contribution is 5.96. The van der Waals surface area contributed by atoms with E-state index in [-0.39, 0.29) is 36.5 Å². The van der Waals surface area contributed by atoms with Crippen LogP contribution in [0.3, 0.4) is 0 Å². The second kappa shape index (κ2) is 7.45. The molecular formula is C17H28N2O4. The van der Waals surface area contributed by atoms with E-state index in [0.717, 1.165) is 5.57 Å². The summed E-state index contributed by atoms with van der Waals surface area (Å²) in [5, 5.41) is 0. The van der Waals surface area contributed by atoms with Crippen molar-refractivity contribution in [3.05, 3.63) is 11.6 Å². The zero-order chi connectivity index (χ0) is 17.1. The summed E-state index contributed by atoms with van der Waals surface area (Å²) in [5.74, 6) is 0.221. The molecule has 130 valence electrons. The predicted molar refractivity (Wildman–Crippen MR) is 87.0 cm³/mol. The predicted octanol–water partition coefficient (Wildman–Crippen LogP) is 1.90. The van der Waals surface area contributed by atoms with Crippen molar-refractivity contribution in [1.82, 2.24) is 9.80 Å². The highest BCUT2D eigenvalue weighted by Gasteiger charge is 2.52. The lowest BCUT2D eigenvalue weighted by molar-refractivity contribution is -0.120. The maximum Gasteiger partial charge on any atom is 0.322 e. The Balaban J connectivity index is 2.39. The van der Waals surface area contributed by atoms with E-state index in [0.29, 0.717) is 25.5 Å². The van der Waals surface area contributed by atoms with Gasteiger partial charge < -0.3 is 14.4 Å². The van der Waals surface area contributed by atoms with E-state index < -0.39 is 0 Å². The lowest BCUT2D eigenvalue weighted by Crippen LogP contribution is -2.49. The van der Waals surface area contributed by atoms with Gasteiger partial charge in [0.1, 0.15) is 6.73 Å². The van der Waals surface area contributed by atoms with Crippen LogP contribution in [0.5, 0.6) is 0 Å². The molecule has 2 aliphatic rings. The van der Waals surface area contributed by atoms with Gasteiger partial charge in [-0.1, -0.05) is 20.8 Å². The molecule has 1 aliphatic heterocycles. The fourth-order valence-electron chi connectivity index (χ4n) is 3.60. The first-order valence-corrected chi connectivity index (χ1v) is 8.21. The molecule has 0 aromatic heterocycles. The molecule has 2 amide bonds. The van der Waals surface area contributed by atoms with Gasteiger partial charge >= 0.3 is 6.03 Å². The molecule has 6 nitrogen and oxygen atoms in total. The molecule has 0 bridgehead atoms. The lowest BCUT2D eigenvalue weighted by Gasteiger charge is -2.36. The van der Waals surface area contributed by atoms with Crippen LogP contribution in [0.1, 0.15) is 27.2 Å². The van der Waals surface area contributed by atoms with Gasteiger partial charge in [0.15, 0.2) is 5.78 Å². The molecule has 0 N–H and O–H groups in total. The first-order valence-electron chi connectivity index (χ1n) is 8.21. The Kier molecular flexibility index (Phi) is 5.81. The van der Waals surface area contributed by atoms with Crippen LogP contribution in [0.15, 0.2) is 11.6 Å². The monoisotopic (exact) mass is 324 g/mol. The summed E-state index contributed by atoms with van der Waals surface area (Å²) in [6.07, 6.45) is 2.39. The normalized spacial score (nSPS) is 27.7. The highest BCUT2D eigenvalue weighted by Crippen LogP contribution is 2.38. The van der Waals surface area contributed by atoms with E-state index in [9.17, 15) is 9.59 Å². The fraction of sp³-hybridized carbons (Fsp3) is 0.765. The number of amides is 2. The van der Waals surface area contributed by atoms with E-state index in [1.54, 1.807) is 25.2 Å². The minimum Gasteiger partial charge on any atom is -0.384 e. The third-order valence-electron chi connectivity index (χ3n) is 4.60. The van der Waals surface area contributed by atoms with Gasteiger partial charge in [0.25, 0.3) is 0 Å². The van der Waals surface area contributed by atoms with E-state index >= 15 is 0 Å². The topological polar surface area (TPSA) is 59.1 Å². The molecule has 3 atom stereocenters. The lowest BCUT2D eigenvalue weighted by atomic mass is 9.80. The number of nitrogens with zero attached hydrogens (tertiary/aromatic N) is 2. The summed E-state index contributed by atoms with van der Waals surface area (Å²) in [4.78, 5) is 28.9. The summed E-state index contributed by atoms with van der Waals surface area (Å²) in [7, 11) is 3.22. The molecule has 1 saturated heterocycles. The van der Waals surface area contributed by atoms with Crippen molar-refractivity contribution in [1.29, 1.82) is 0 Å². The fourth-order valence-corrected chi connectivity index (χ4v) is 3.60. The first kappa shape index (κ1) is 17.9. The van der Waals surface area contributed by atoms with Gasteiger partial charge in [-0.2, -0.15) is 0 Å². The van der Waals surface area contributed by atoms with Crippen LogP contribution in [-0.4, -0.2) is 67.8 Å². The largest absolute Gasteiger partial charge is 0.384 e. The standard InChI is InChI=1S/C17H28N2O4/c1-11(2)9-18-16-13(6-7-22-4)8-14(20)12(3)15(16)19(10-23-5)17(18)21/h8,11-12,15-16H,6-7,9-10H2,1-5H3. The molecule has 1 heterocycles. The zero-order valence-electron chi connectivity index (χ0n) is 14.7. The number of methoxy groups -OCH3 is 2. The number of hydrogen-bond acceptors (Lipinski definition) is 4. The Bertz CT molecular complexity index is 489. The average Bonchev–Trinajstić information content (AvgIpc) is 2.76. The van der Waals surface area contributed by atoms with Gasteiger partial charge in [-0.25, -0.2) is 4.79 Å². The van der Waals surface area contributed by atoms with Crippen molar-refractivity contribution >= 4 is 11.8 Å². The molecule has 1 fully saturated rings. The Labute approximate surface area is 138 Å². The van der Waals surface area contributed by atoms with Crippen LogP contribution < -0.4 is 0 Å². The highest BCUT2D eigenvalue weighted by atomic mass is 16.5. The second-order valence-electron chi connectivity index (χ2n) is 6.80. The zero-order valence-corrected chi connectivity index (χ0v) is 14.7. The molecule has 3 unspecified atom stereocenters. The molecular weight excluding hydrogens is 296 g/mol.